The van der Waals surface area contributed by atoms with Gasteiger partial charge in [-0.2, -0.15) is 0 Å². The predicted octanol–water partition coefficient (Wildman–Crippen LogP) is 1.92. The lowest BCUT2D eigenvalue weighted by molar-refractivity contribution is 0.0702. The summed E-state index contributed by atoms with van der Waals surface area (Å²) < 4.78 is 10.7. The van der Waals surface area contributed by atoms with Gasteiger partial charge in [-0.1, -0.05) is 13.8 Å². The normalized spacial score (nSPS) is 14.1. The Kier molecular flexibility index (Phi) is 6.23. The van der Waals surface area contributed by atoms with Crippen molar-refractivity contribution in [2.75, 3.05) is 20.3 Å². The molecule has 0 aliphatic heterocycles. The first-order valence-corrected chi connectivity index (χ1v) is 7.03. The van der Waals surface area contributed by atoms with Gasteiger partial charge in [-0.05, 0) is 31.4 Å². The Morgan fingerprint density at radius 1 is 1.45 bits per heavy atom. The van der Waals surface area contributed by atoms with E-state index in [9.17, 15) is 4.79 Å². The molecule has 0 radical (unpaired) electrons. The van der Waals surface area contributed by atoms with Crippen molar-refractivity contribution in [1.29, 1.82) is 0 Å². The molecule has 0 fully saturated rings. The topological polar surface area (TPSA) is 71.7 Å². The fourth-order valence-corrected chi connectivity index (χ4v) is 2.25. The maximum absolute atomic E-state index is 12.3. The number of hydrogen-bond donors (Lipinski definition) is 2. The van der Waals surface area contributed by atoms with Crippen LogP contribution in [0.25, 0.3) is 0 Å². The van der Waals surface area contributed by atoms with E-state index >= 15 is 0 Å². The second-order valence-corrected chi connectivity index (χ2v) is 5.19. The highest BCUT2D eigenvalue weighted by molar-refractivity contribution is 5.92. The summed E-state index contributed by atoms with van der Waals surface area (Å²) in [6.07, 6.45) is 2.03. The van der Waals surface area contributed by atoms with Gasteiger partial charge in [-0.15, -0.1) is 0 Å². The van der Waals surface area contributed by atoms with E-state index in [0.29, 0.717) is 18.8 Å². The molecule has 0 aromatic carbocycles. The van der Waals surface area contributed by atoms with Crippen molar-refractivity contribution in [3.05, 3.63) is 23.2 Å². The van der Waals surface area contributed by atoms with E-state index in [4.69, 9.17) is 14.3 Å². The standard InChI is InChI=1S/C15H25NO4/c1-5-11-9-13(20-12(11)6-2)14(18)16-15(3,7-8-17)10-19-4/h9,17H,5-8,10H2,1-4H3,(H,16,18). The Morgan fingerprint density at radius 2 is 2.15 bits per heavy atom. The zero-order chi connectivity index (χ0) is 15.2. The molecular formula is C15H25NO4. The summed E-state index contributed by atoms with van der Waals surface area (Å²) in [5.41, 5.74) is 0.458. The summed E-state index contributed by atoms with van der Waals surface area (Å²) >= 11 is 0. The van der Waals surface area contributed by atoms with Crippen LogP contribution in [0.3, 0.4) is 0 Å². The number of aliphatic hydroxyl groups is 1. The first kappa shape index (κ1) is 16.7. The number of rotatable bonds is 8. The molecule has 2 N–H and O–H groups in total. The highest BCUT2D eigenvalue weighted by Crippen LogP contribution is 2.18. The van der Waals surface area contributed by atoms with Crippen LogP contribution in [0.2, 0.25) is 0 Å². The van der Waals surface area contributed by atoms with Crippen molar-refractivity contribution >= 4 is 5.91 Å². The second-order valence-electron chi connectivity index (χ2n) is 5.19. The molecule has 114 valence electrons. The van der Waals surface area contributed by atoms with Gasteiger partial charge in [0, 0.05) is 20.1 Å². The Balaban J connectivity index is 2.86. The zero-order valence-electron chi connectivity index (χ0n) is 12.8. The van der Waals surface area contributed by atoms with E-state index in [0.717, 1.165) is 24.2 Å². The maximum atomic E-state index is 12.3. The number of nitrogens with one attached hydrogen (secondary N) is 1. The molecule has 0 bridgehead atoms. The Labute approximate surface area is 120 Å². The number of carbonyl (C=O) groups excluding carboxylic acids is 1. The molecule has 1 rings (SSSR count). The van der Waals surface area contributed by atoms with Crippen molar-refractivity contribution < 1.29 is 19.1 Å². The van der Waals surface area contributed by atoms with Crippen LogP contribution in [0.1, 0.15) is 49.1 Å². The average molecular weight is 283 g/mol. The largest absolute Gasteiger partial charge is 0.456 e. The highest BCUT2D eigenvalue weighted by Gasteiger charge is 2.28. The number of aliphatic hydroxyl groups excluding tert-OH is 1. The third-order valence-electron chi connectivity index (χ3n) is 3.36. The third kappa shape index (κ3) is 4.08. The molecule has 5 heteroatoms. The van der Waals surface area contributed by atoms with Gasteiger partial charge < -0.3 is 19.6 Å². The number of methoxy groups -OCH3 is 1. The van der Waals surface area contributed by atoms with Crippen LogP contribution in [-0.4, -0.2) is 36.9 Å². The van der Waals surface area contributed by atoms with E-state index < -0.39 is 5.54 Å². The molecule has 1 heterocycles. The van der Waals surface area contributed by atoms with Gasteiger partial charge in [-0.3, -0.25) is 4.79 Å². The van der Waals surface area contributed by atoms with Gasteiger partial charge in [0.1, 0.15) is 5.76 Å². The number of amides is 1. The van der Waals surface area contributed by atoms with Gasteiger partial charge in [0.25, 0.3) is 5.91 Å². The monoisotopic (exact) mass is 283 g/mol. The van der Waals surface area contributed by atoms with Crippen LogP contribution in [0.4, 0.5) is 0 Å². The molecule has 0 aliphatic rings. The summed E-state index contributed by atoms with van der Waals surface area (Å²) in [6, 6.07) is 1.79. The van der Waals surface area contributed by atoms with E-state index in [1.807, 2.05) is 20.8 Å². The maximum Gasteiger partial charge on any atom is 0.287 e. The summed E-state index contributed by atoms with van der Waals surface area (Å²) in [4.78, 5) is 12.3. The molecule has 0 saturated heterocycles. The van der Waals surface area contributed by atoms with Crippen molar-refractivity contribution in [3.8, 4) is 0 Å². The van der Waals surface area contributed by atoms with Crippen molar-refractivity contribution in [2.45, 2.75) is 45.6 Å². The lowest BCUT2D eigenvalue weighted by atomic mass is 9.99. The molecule has 1 amide bonds. The summed E-state index contributed by atoms with van der Waals surface area (Å²) in [7, 11) is 1.57. The third-order valence-corrected chi connectivity index (χ3v) is 3.36. The summed E-state index contributed by atoms with van der Waals surface area (Å²) in [5.74, 6) is 0.902. The molecule has 1 unspecified atom stereocenters. The molecule has 5 nitrogen and oxygen atoms in total. The first-order valence-electron chi connectivity index (χ1n) is 7.03. The van der Waals surface area contributed by atoms with Crippen molar-refractivity contribution in [1.82, 2.24) is 5.32 Å². The fourth-order valence-electron chi connectivity index (χ4n) is 2.25. The van der Waals surface area contributed by atoms with Crippen LogP contribution in [0.5, 0.6) is 0 Å². The van der Waals surface area contributed by atoms with Crippen LogP contribution in [0, 0.1) is 0 Å². The number of carbonyl (C=O) groups is 1. The highest BCUT2D eigenvalue weighted by atomic mass is 16.5. The quantitative estimate of drug-likeness (QED) is 0.764. The Morgan fingerprint density at radius 3 is 2.60 bits per heavy atom. The number of hydrogen-bond acceptors (Lipinski definition) is 4. The zero-order valence-corrected chi connectivity index (χ0v) is 12.8. The minimum atomic E-state index is -0.605. The number of ether oxygens (including phenoxy) is 1. The van der Waals surface area contributed by atoms with Gasteiger partial charge in [0.2, 0.25) is 0 Å². The molecule has 20 heavy (non-hydrogen) atoms. The van der Waals surface area contributed by atoms with Gasteiger partial charge >= 0.3 is 0 Å². The van der Waals surface area contributed by atoms with E-state index in [1.165, 1.54) is 0 Å². The van der Waals surface area contributed by atoms with Gasteiger partial charge in [-0.25, -0.2) is 0 Å². The van der Waals surface area contributed by atoms with Crippen molar-refractivity contribution in [2.24, 2.45) is 0 Å². The molecule has 0 aliphatic carbocycles. The first-order chi connectivity index (χ1) is 9.49. The molecule has 1 atom stereocenters. The van der Waals surface area contributed by atoms with Gasteiger partial charge in [0.05, 0.1) is 12.1 Å². The second kappa shape index (κ2) is 7.45. The minimum Gasteiger partial charge on any atom is -0.456 e. The Hall–Kier alpha value is -1.33. The lowest BCUT2D eigenvalue weighted by Crippen LogP contribution is -2.49. The van der Waals surface area contributed by atoms with Crippen molar-refractivity contribution in [3.63, 3.8) is 0 Å². The van der Waals surface area contributed by atoms with E-state index in [-0.39, 0.29) is 12.5 Å². The number of furan rings is 1. The molecular weight excluding hydrogens is 258 g/mol. The van der Waals surface area contributed by atoms with Crippen LogP contribution in [0.15, 0.2) is 10.5 Å². The molecule has 1 aromatic rings. The van der Waals surface area contributed by atoms with Gasteiger partial charge in [0.15, 0.2) is 5.76 Å². The lowest BCUT2D eigenvalue weighted by Gasteiger charge is -2.28. The molecule has 0 spiro atoms. The van der Waals surface area contributed by atoms with E-state index in [1.54, 1.807) is 13.2 Å². The fraction of sp³-hybridized carbons (Fsp3) is 0.667. The SMILES string of the molecule is CCc1cc(C(=O)NC(C)(CCO)COC)oc1CC. The molecule has 0 saturated carbocycles. The molecule has 1 aromatic heterocycles. The smallest absolute Gasteiger partial charge is 0.287 e. The predicted molar refractivity (Wildman–Crippen MR) is 76.9 cm³/mol. The summed E-state index contributed by atoms with van der Waals surface area (Å²) in [5, 5.41) is 12.0. The Bertz CT molecular complexity index is 412. The minimum absolute atomic E-state index is 0.0152. The average Bonchev–Trinajstić information content (AvgIpc) is 2.82. The van der Waals surface area contributed by atoms with Crippen LogP contribution >= 0.6 is 0 Å². The number of aryl methyl sites for hydroxylation is 2. The summed E-state index contributed by atoms with van der Waals surface area (Å²) in [6.45, 7) is 6.20. The van der Waals surface area contributed by atoms with Crippen LogP contribution < -0.4 is 5.32 Å². The van der Waals surface area contributed by atoms with E-state index in [2.05, 4.69) is 5.32 Å². The van der Waals surface area contributed by atoms with Crippen LogP contribution in [-0.2, 0) is 17.6 Å².